The lowest BCUT2D eigenvalue weighted by Crippen LogP contribution is -2.03. The molecule has 1 aromatic heterocycles. The Hall–Kier alpha value is -3.48. The summed E-state index contributed by atoms with van der Waals surface area (Å²) in [7, 11) is 1.26. The third-order valence-corrected chi connectivity index (χ3v) is 3.37. The molecule has 3 rings (SSSR count). The largest absolute Gasteiger partial charge is 0.464 e. The van der Waals surface area contributed by atoms with E-state index in [1.165, 1.54) is 31.4 Å². The van der Waals surface area contributed by atoms with Crippen molar-refractivity contribution in [3.8, 4) is 22.8 Å². The van der Waals surface area contributed by atoms with Crippen LogP contribution in [0.3, 0.4) is 0 Å². The van der Waals surface area contributed by atoms with Crippen LogP contribution in [0.2, 0.25) is 0 Å². The van der Waals surface area contributed by atoms with Crippen LogP contribution < -0.4 is 0 Å². The maximum absolute atomic E-state index is 12.0. The van der Waals surface area contributed by atoms with Gasteiger partial charge in [-0.15, -0.1) is 0 Å². The van der Waals surface area contributed by atoms with Crippen molar-refractivity contribution in [1.29, 1.82) is 0 Å². The van der Waals surface area contributed by atoms with E-state index in [-0.39, 0.29) is 23.0 Å². The quantitative estimate of drug-likeness (QED) is 0.412. The Morgan fingerprint density at radius 3 is 2.33 bits per heavy atom. The molecule has 0 atom stereocenters. The highest BCUT2D eigenvalue weighted by molar-refractivity contribution is 5.94. The van der Waals surface area contributed by atoms with Crippen LogP contribution >= 0.6 is 0 Å². The van der Waals surface area contributed by atoms with Gasteiger partial charge >= 0.3 is 5.97 Å². The molecule has 120 valence electrons. The molecule has 24 heavy (non-hydrogen) atoms. The highest BCUT2D eigenvalue weighted by atomic mass is 16.6. The van der Waals surface area contributed by atoms with E-state index in [0.29, 0.717) is 11.1 Å². The number of carbonyl (C=O) groups excluding carboxylic acids is 1. The summed E-state index contributed by atoms with van der Waals surface area (Å²) in [5.41, 5.74) is 1.21. The molecule has 0 aliphatic carbocycles. The van der Waals surface area contributed by atoms with Gasteiger partial charge in [-0.2, -0.15) is 0 Å². The Bertz CT molecular complexity index is 885. The van der Waals surface area contributed by atoms with Gasteiger partial charge in [-0.1, -0.05) is 30.3 Å². The molecule has 3 aromatic rings. The second-order valence-corrected chi connectivity index (χ2v) is 4.86. The van der Waals surface area contributed by atoms with E-state index < -0.39 is 10.9 Å². The molecular weight excluding hydrogens is 312 g/mol. The summed E-state index contributed by atoms with van der Waals surface area (Å²) in [5.74, 6) is -0.147. The minimum Gasteiger partial charge on any atom is -0.464 e. The fourth-order valence-electron chi connectivity index (χ4n) is 2.19. The Morgan fingerprint density at radius 2 is 1.75 bits per heavy atom. The topological polar surface area (TPSA) is 95.5 Å². The van der Waals surface area contributed by atoms with Crippen LogP contribution in [0.15, 0.2) is 59.0 Å². The number of oxazole rings is 1. The van der Waals surface area contributed by atoms with Crippen LogP contribution in [0.5, 0.6) is 0 Å². The van der Waals surface area contributed by atoms with E-state index in [9.17, 15) is 14.9 Å². The van der Waals surface area contributed by atoms with Gasteiger partial charge in [0.15, 0.2) is 11.5 Å². The lowest BCUT2D eigenvalue weighted by Gasteiger charge is -1.99. The van der Waals surface area contributed by atoms with Crippen LogP contribution in [0.4, 0.5) is 5.69 Å². The Balaban J connectivity index is 2.08. The molecule has 0 unspecified atom stereocenters. The van der Waals surface area contributed by atoms with Gasteiger partial charge in [0.25, 0.3) is 5.69 Å². The number of aromatic nitrogens is 1. The number of hydrogen-bond donors (Lipinski definition) is 0. The number of nitro benzene ring substituents is 1. The highest BCUT2D eigenvalue weighted by Crippen LogP contribution is 2.30. The van der Waals surface area contributed by atoms with Gasteiger partial charge in [-0.05, 0) is 12.1 Å². The Kier molecular flexibility index (Phi) is 4.07. The first-order valence-corrected chi connectivity index (χ1v) is 6.99. The van der Waals surface area contributed by atoms with Crippen LogP contribution in [-0.4, -0.2) is 23.0 Å². The minimum atomic E-state index is -0.620. The summed E-state index contributed by atoms with van der Waals surface area (Å²) >= 11 is 0. The molecular formula is C17H12N2O5. The molecule has 7 heteroatoms. The summed E-state index contributed by atoms with van der Waals surface area (Å²) in [6.45, 7) is 0. The number of non-ortho nitro benzene ring substituents is 1. The zero-order valence-corrected chi connectivity index (χ0v) is 12.6. The van der Waals surface area contributed by atoms with E-state index in [2.05, 4.69) is 4.98 Å². The summed E-state index contributed by atoms with van der Waals surface area (Å²) < 4.78 is 10.5. The third kappa shape index (κ3) is 2.87. The van der Waals surface area contributed by atoms with E-state index in [4.69, 9.17) is 9.15 Å². The molecule has 2 aromatic carbocycles. The van der Waals surface area contributed by atoms with Crippen molar-refractivity contribution in [3.05, 3.63) is 70.4 Å². The van der Waals surface area contributed by atoms with Gasteiger partial charge in [0.1, 0.15) is 0 Å². The summed E-state index contributed by atoms with van der Waals surface area (Å²) in [6, 6.07) is 14.8. The zero-order valence-electron chi connectivity index (χ0n) is 12.6. The molecule has 0 saturated carbocycles. The lowest BCUT2D eigenvalue weighted by molar-refractivity contribution is -0.384. The second-order valence-electron chi connectivity index (χ2n) is 4.86. The van der Waals surface area contributed by atoms with Gasteiger partial charge in [-0.25, -0.2) is 9.78 Å². The maximum atomic E-state index is 12.0. The average molecular weight is 324 g/mol. The van der Waals surface area contributed by atoms with Crippen molar-refractivity contribution < 1.29 is 18.9 Å². The fourth-order valence-corrected chi connectivity index (χ4v) is 2.19. The fraction of sp³-hybridized carbons (Fsp3) is 0.0588. The van der Waals surface area contributed by atoms with Gasteiger partial charge in [-0.3, -0.25) is 10.1 Å². The number of rotatable bonds is 4. The monoisotopic (exact) mass is 324 g/mol. The smallest absolute Gasteiger partial charge is 0.360 e. The van der Waals surface area contributed by atoms with Gasteiger partial charge in [0.2, 0.25) is 5.89 Å². The van der Waals surface area contributed by atoms with Crippen molar-refractivity contribution in [2.45, 2.75) is 0 Å². The van der Waals surface area contributed by atoms with E-state index >= 15 is 0 Å². The van der Waals surface area contributed by atoms with Crippen LogP contribution in [0, 0.1) is 10.1 Å². The highest BCUT2D eigenvalue weighted by Gasteiger charge is 2.23. The first-order chi connectivity index (χ1) is 11.6. The van der Waals surface area contributed by atoms with Crippen molar-refractivity contribution in [2.24, 2.45) is 0 Å². The van der Waals surface area contributed by atoms with Gasteiger partial charge in [0.05, 0.1) is 12.0 Å². The number of methoxy groups -OCH3 is 1. The maximum Gasteiger partial charge on any atom is 0.360 e. The van der Waals surface area contributed by atoms with E-state index in [1.54, 1.807) is 12.1 Å². The van der Waals surface area contributed by atoms with Gasteiger partial charge in [0, 0.05) is 23.3 Å². The lowest BCUT2D eigenvalue weighted by atomic mass is 10.1. The zero-order chi connectivity index (χ0) is 17.1. The predicted molar refractivity (Wildman–Crippen MR) is 85.4 cm³/mol. The molecule has 0 bridgehead atoms. The van der Waals surface area contributed by atoms with Gasteiger partial charge < -0.3 is 9.15 Å². The summed E-state index contributed by atoms with van der Waals surface area (Å²) in [4.78, 5) is 26.4. The van der Waals surface area contributed by atoms with Crippen molar-refractivity contribution >= 4 is 11.7 Å². The van der Waals surface area contributed by atoms with E-state index in [1.807, 2.05) is 18.2 Å². The number of ether oxygens (including phenoxy) is 1. The number of hydrogen-bond acceptors (Lipinski definition) is 6. The number of benzene rings is 2. The minimum absolute atomic E-state index is 0.0400. The van der Waals surface area contributed by atoms with Crippen LogP contribution in [0.1, 0.15) is 10.5 Å². The molecule has 7 nitrogen and oxygen atoms in total. The second kappa shape index (κ2) is 6.33. The molecule has 0 fully saturated rings. The Labute approximate surface area is 136 Å². The molecule has 0 amide bonds. The molecule has 0 saturated heterocycles. The third-order valence-electron chi connectivity index (χ3n) is 3.37. The molecule has 1 heterocycles. The number of nitrogens with zero attached hydrogens (tertiary/aromatic N) is 2. The standard InChI is InChI=1S/C17H12N2O5/c1-23-17(20)14-15(11-5-3-2-4-6-11)24-16(18-14)12-7-9-13(10-8-12)19(21)22/h2-10H,1H3. The SMILES string of the molecule is COC(=O)c1nc(-c2ccc([N+](=O)[O-])cc2)oc1-c1ccccc1. The van der Waals surface area contributed by atoms with Crippen molar-refractivity contribution in [2.75, 3.05) is 7.11 Å². The molecule has 0 N–H and O–H groups in total. The number of nitro groups is 1. The molecule has 0 spiro atoms. The van der Waals surface area contributed by atoms with Crippen LogP contribution in [0.25, 0.3) is 22.8 Å². The first-order valence-electron chi connectivity index (χ1n) is 6.99. The number of esters is 1. The molecule has 0 radical (unpaired) electrons. The summed E-state index contributed by atoms with van der Waals surface area (Å²) in [6.07, 6.45) is 0. The first kappa shape index (κ1) is 15.4. The predicted octanol–water partition coefficient (Wildman–Crippen LogP) is 3.70. The summed E-state index contributed by atoms with van der Waals surface area (Å²) in [5, 5.41) is 10.7. The molecule has 0 aliphatic rings. The normalized spacial score (nSPS) is 10.4. The molecule has 0 aliphatic heterocycles. The average Bonchev–Trinajstić information content (AvgIpc) is 3.07. The van der Waals surface area contributed by atoms with Crippen molar-refractivity contribution in [3.63, 3.8) is 0 Å². The Morgan fingerprint density at radius 1 is 1.08 bits per heavy atom. The van der Waals surface area contributed by atoms with Crippen LogP contribution in [-0.2, 0) is 4.74 Å². The van der Waals surface area contributed by atoms with E-state index in [0.717, 1.165) is 0 Å². The number of carbonyl (C=O) groups is 1. The van der Waals surface area contributed by atoms with Crippen molar-refractivity contribution in [1.82, 2.24) is 4.98 Å².